The maximum Gasteiger partial charge on any atom is 0.277 e. The van der Waals surface area contributed by atoms with E-state index in [1.54, 1.807) is 17.1 Å². The largest absolute Gasteiger partial charge is 0.383 e. The third-order valence-electron chi connectivity index (χ3n) is 4.69. The normalized spacial score (nSPS) is 10.7. The van der Waals surface area contributed by atoms with Gasteiger partial charge in [0, 0.05) is 23.9 Å². The second-order valence-corrected chi connectivity index (χ2v) is 6.63. The van der Waals surface area contributed by atoms with Crippen LogP contribution in [0.4, 0.5) is 15.8 Å². The Morgan fingerprint density at radius 3 is 2.57 bits per heavy atom. The Balaban J connectivity index is 1.73. The van der Waals surface area contributed by atoms with E-state index in [9.17, 15) is 14.5 Å². The van der Waals surface area contributed by atoms with Crippen LogP contribution >= 0.6 is 0 Å². The highest BCUT2D eigenvalue weighted by Gasteiger charge is 2.17. The lowest BCUT2D eigenvalue weighted by molar-refractivity contribution is -0.384. The van der Waals surface area contributed by atoms with Crippen molar-refractivity contribution < 1.29 is 9.31 Å². The van der Waals surface area contributed by atoms with Crippen LogP contribution in [-0.4, -0.2) is 26.2 Å². The molecule has 0 saturated heterocycles. The van der Waals surface area contributed by atoms with Crippen molar-refractivity contribution in [2.75, 3.05) is 11.9 Å². The van der Waals surface area contributed by atoms with E-state index in [-0.39, 0.29) is 11.3 Å². The molecule has 0 unspecified atom stereocenters. The summed E-state index contributed by atoms with van der Waals surface area (Å²) in [6.45, 7) is 1.16. The lowest BCUT2D eigenvalue weighted by Crippen LogP contribution is -2.11. The van der Waals surface area contributed by atoms with E-state index in [4.69, 9.17) is 0 Å². The Morgan fingerprint density at radius 2 is 1.83 bits per heavy atom. The average molecular weight is 403 g/mol. The number of benzene rings is 3. The van der Waals surface area contributed by atoms with Gasteiger partial charge in [0.15, 0.2) is 0 Å². The minimum atomic E-state index is -0.525. The zero-order valence-corrected chi connectivity index (χ0v) is 15.9. The molecule has 0 aliphatic heterocycles. The second kappa shape index (κ2) is 8.52. The van der Waals surface area contributed by atoms with Gasteiger partial charge in [0.1, 0.15) is 18.5 Å². The molecule has 0 aliphatic carbocycles. The highest BCUT2D eigenvalue weighted by molar-refractivity contribution is 5.84. The van der Waals surface area contributed by atoms with Crippen molar-refractivity contribution in [2.24, 2.45) is 0 Å². The van der Waals surface area contributed by atoms with Crippen molar-refractivity contribution in [3.05, 3.63) is 95.3 Å². The number of nitro benzene ring substituents is 1. The zero-order valence-electron chi connectivity index (χ0n) is 15.9. The molecule has 0 amide bonds. The number of nitrogens with one attached hydrogen (secondary N) is 1. The van der Waals surface area contributed by atoms with Crippen LogP contribution in [0.3, 0.4) is 0 Å². The van der Waals surface area contributed by atoms with Gasteiger partial charge in [-0.1, -0.05) is 42.5 Å². The molecule has 4 rings (SSSR count). The lowest BCUT2D eigenvalue weighted by Gasteiger charge is -2.15. The van der Waals surface area contributed by atoms with E-state index in [0.29, 0.717) is 18.7 Å². The van der Waals surface area contributed by atoms with Crippen molar-refractivity contribution in [1.82, 2.24) is 14.8 Å². The number of halogens is 1. The summed E-state index contributed by atoms with van der Waals surface area (Å²) in [6, 6.07) is 18.7. The summed E-state index contributed by atoms with van der Waals surface area (Å²) in [4.78, 5) is 14.9. The third-order valence-corrected chi connectivity index (χ3v) is 4.69. The molecule has 1 aromatic heterocycles. The molecule has 0 atom stereocenters. The van der Waals surface area contributed by atoms with Crippen molar-refractivity contribution in [3.63, 3.8) is 0 Å². The smallest absolute Gasteiger partial charge is 0.277 e. The van der Waals surface area contributed by atoms with Crippen LogP contribution in [0, 0.1) is 15.9 Å². The van der Waals surface area contributed by atoms with Gasteiger partial charge in [-0.05, 0) is 29.3 Å². The predicted octanol–water partition coefficient (Wildman–Crippen LogP) is 4.77. The first kappa shape index (κ1) is 19.3. The minimum absolute atomic E-state index is 0.141. The Labute approximate surface area is 172 Å². The average Bonchev–Trinajstić information content (AvgIpc) is 3.27. The van der Waals surface area contributed by atoms with Crippen molar-refractivity contribution >= 4 is 11.4 Å². The molecular weight excluding hydrogens is 385 g/mol. The molecule has 0 bridgehead atoms. The Bertz CT molecular complexity index is 1160. The first-order valence-corrected chi connectivity index (χ1v) is 9.32. The molecular formula is C22H18FN5O2. The summed E-state index contributed by atoms with van der Waals surface area (Å²) in [5, 5.41) is 18.9. The van der Waals surface area contributed by atoms with Gasteiger partial charge in [-0.15, -0.1) is 0 Å². The number of anilines is 1. The van der Waals surface area contributed by atoms with Crippen molar-refractivity contribution in [1.29, 1.82) is 0 Å². The summed E-state index contributed by atoms with van der Waals surface area (Å²) in [5.74, 6) is -0.525. The molecule has 4 aromatic rings. The number of rotatable bonds is 7. The maximum atomic E-state index is 13.8. The molecule has 30 heavy (non-hydrogen) atoms. The van der Waals surface area contributed by atoms with Crippen LogP contribution < -0.4 is 5.32 Å². The quantitative estimate of drug-likeness (QED) is 0.355. The Morgan fingerprint density at radius 1 is 1.00 bits per heavy atom. The minimum Gasteiger partial charge on any atom is -0.383 e. The van der Waals surface area contributed by atoms with Gasteiger partial charge in [0.05, 0.1) is 17.0 Å². The summed E-state index contributed by atoms with van der Waals surface area (Å²) < 4.78 is 15.6. The highest BCUT2D eigenvalue weighted by Crippen LogP contribution is 2.36. The maximum absolute atomic E-state index is 13.8. The molecule has 0 radical (unpaired) electrons. The van der Waals surface area contributed by atoms with Crippen LogP contribution in [0.2, 0.25) is 0 Å². The topological polar surface area (TPSA) is 85.9 Å². The van der Waals surface area contributed by atoms with Gasteiger partial charge in [-0.25, -0.2) is 9.37 Å². The van der Waals surface area contributed by atoms with Gasteiger partial charge in [-0.2, -0.15) is 5.10 Å². The van der Waals surface area contributed by atoms with E-state index < -0.39 is 10.7 Å². The SMILES string of the molecule is O=[N+]([O-])c1ccc(F)cc1-c1ccc(-c2ccccc2)c(NCCn2cncn2)c1. The molecule has 0 saturated carbocycles. The molecule has 3 aromatic carbocycles. The summed E-state index contributed by atoms with van der Waals surface area (Å²) in [6.07, 6.45) is 3.10. The fourth-order valence-corrected chi connectivity index (χ4v) is 3.28. The molecule has 0 aliphatic rings. The molecule has 0 spiro atoms. The van der Waals surface area contributed by atoms with Crippen molar-refractivity contribution in [2.45, 2.75) is 6.54 Å². The number of hydrogen-bond acceptors (Lipinski definition) is 5. The van der Waals surface area contributed by atoms with Crippen molar-refractivity contribution in [3.8, 4) is 22.3 Å². The van der Waals surface area contributed by atoms with Gasteiger partial charge in [0.2, 0.25) is 0 Å². The Kier molecular flexibility index (Phi) is 5.47. The van der Waals surface area contributed by atoms with Crippen LogP contribution in [0.5, 0.6) is 0 Å². The first-order valence-electron chi connectivity index (χ1n) is 9.32. The number of aromatic nitrogens is 3. The predicted molar refractivity (Wildman–Crippen MR) is 112 cm³/mol. The number of hydrogen-bond donors (Lipinski definition) is 1. The number of nitro groups is 1. The molecule has 7 nitrogen and oxygen atoms in total. The van der Waals surface area contributed by atoms with E-state index in [0.717, 1.165) is 22.9 Å². The van der Waals surface area contributed by atoms with Crippen LogP contribution in [0.25, 0.3) is 22.3 Å². The second-order valence-electron chi connectivity index (χ2n) is 6.63. The molecule has 0 fully saturated rings. The zero-order chi connectivity index (χ0) is 20.9. The van der Waals surface area contributed by atoms with Gasteiger partial charge >= 0.3 is 0 Å². The summed E-state index contributed by atoms with van der Waals surface area (Å²) in [7, 11) is 0. The standard InChI is InChI=1S/C22H18FN5O2/c23-18-7-9-22(28(29)30)20(13-18)17-6-8-19(16-4-2-1-3-5-16)21(12-17)25-10-11-27-15-24-14-26-27/h1-9,12-15,25H,10-11H2. The monoisotopic (exact) mass is 403 g/mol. The van der Waals surface area contributed by atoms with E-state index in [2.05, 4.69) is 15.4 Å². The van der Waals surface area contributed by atoms with Crippen LogP contribution in [0.1, 0.15) is 0 Å². The molecule has 8 heteroatoms. The molecule has 150 valence electrons. The lowest BCUT2D eigenvalue weighted by atomic mass is 9.97. The summed E-state index contributed by atoms with van der Waals surface area (Å²) >= 11 is 0. The van der Waals surface area contributed by atoms with E-state index in [1.165, 1.54) is 18.5 Å². The fraction of sp³-hybridized carbons (Fsp3) is 0.0909. The molecule has 1 N–H and O–H groups in total. The third kappa shape index (κ3) is 4.17. The highest BCUT2D eigenvalue weighted by atomic mass is 19.1. The van der Waals surface area contributed by atoms with Crippen LogP contribution in [0.15, 0.2) is 79.4 Å². The van der Waals surface area contributed by atoms with E-state index in [1.807, 2.05) is 42.5 Å². The fourth-order valence-electron chi connectivity index (χ4n) is 3.28. The van der Waals surface area contributed by atoms with Gasteiger partial charge in [-0.3, -0.25) is 14.8 Å². The number of nitrogens with zero attached hydrogens (tertiary/aromatic N) is 4. The molecule has 1 heterocycles. The van der Waals surface area contributed by atoms with Gasteiger partial charge < -0.3 is 5.32 Å². The van der Waals surface area contributed by atoms with Crippen LogP contribution in [-0.2, 0) is 6.54 Å². The summed E-state index contributed by atoms with van der Waals surface area (Å²) in [5.41, 5.74) is 3.39. The van der Waals surface area contributed by atoms with E-state index >= 15 is 0 Å². The first-order chi connectivity index (χ1) is 14.6. The Hall–Kier alpha value is -4.07. The van der Waals surface area contributed by atoms with Gasteiger partial charge in [0.25, 0.3) is 5.69 Å².